The molecule has 1 atom stereocenters. The maximum atomic E-state index is 12.3. The lowest BCUT2D eigenvalue weighted by molar-refractivity contribution is -0.141. The molecule has 0 saturated heterocycles. The Balaban J connectivity index is 2.50. The van der Waals surface area contributed by atoms with Crippen LogP contribution in [0.3, 0.4) is 0 Å². The predicted molar refractivity (Wildman–Crippen MR) is 65.2 cm³/mol. The lowest BCUT2D eigenvalue weighted by atomic mass is 10.3. The second-order valence-corrected chi connectivity index (χ2v) is 4.79. The van der Waals surface area contributed by atoms with E-state index in [0.717, 1.165) is 23.9 Å². The van der Waals surface area contributed by atoms with Gasteiger partial charge in [0, 0.05) is 6.20 Å². The molecule has 0 spiro atoms. The number of nitrogens with zero attached hydrogens (tertiary/aromatic N) is 1. The number of hydrogen-bond donors (Lipinski definition) is 2. The van der Waals surface area contributed by atoms with Crippen molar-refractivity contribution >= 4 is 23.6 Å². The third-order valence-electron chi connectivity index (χ3n) is 2.16. The van der Waals surface area contributed by atoms with E-state index in [0.29, 0.717) is 6.20 Å². The van der Waals surface area contributed by atoms with E-state index in [9.17, 15) is 22.8 Å². The minimum atomic E-state index is -4.45. The number of carbonyl (C=O) groups is 2. The van der Waals surface area contributed by atoms with Crippen LogP contribution in [0.2, 0.25) is 0 Å². The number of carboxylic acids is 1. The third-order valence-corrected chi connectivity index (χ3v) is 3.11. The zero-order chi connectivity index (χ0) is 15.3. The Labute approximate surface area is 116 Å². The molecule has 0 aliphatic carbocycles. The number of carboxylic acid groups (broad SMARTS) is 1. The van der Waals surface area contributed by atoms with E-state index < -0.39 is 29.7 Å². The molecule has 1 rings (SSSR count). The quantitative estimate of drug-likeness (QED) is 0.811. The fourth-order valence-electron chi connectivity index (χ4n) is 1.12. The summed E-state index contributed by atoms with van der Waals surface area (Å²) in [5.74, 6) is -1.83. The molecule has 9 heteroatoms. The standard InChI is InChI=1S/C11H11F3N2O3S/c1-6(10(18)19)16-8(17)5-20-9-3-2-7(4-15-9)11(12,13)14/h2-4,6H,5H2,1H3,(H,16,17)(H,18,19). The smallest absolute Gasteiger partial charge is 0.417 e. The van der Waals surface area contributed by atoms with Gasteiger partial charge in [-0.2, -0.15) is 13.2 Å². The number of rotatable bonds is 5. The fraction of sp³-hybridized carbons (Fsp3) is 0.364. The summed E-state index contributed by atoms with van der Waals surface area (Å²) in [6, 6.07) is 0.998. The van der Waals surface area contributed by atoms with Gasteiger partial charge in [0.25, 0.3) is 0 Å². The fourth-order valence-corrected chi connectivity index (χ4v) is 1.77. The van der Waals surface area contributed by atoms with E-state index in [4.69, 9.17) is 5.11 Å². The van der Waals surface area contributed by atoms with Gasteiger partial charge in [-0.25, -0.2) is 4.98 Å². The average Bonchev–Trinajstić information content (AvgIpc) is 2.35. The van der Waals surface area contributed by atoms with Crippen LogP contribution < -0.4 is 5.32 Å². The van der Waals surface area contributed by atoms with Crippen LogP contribution in [0, 0.1) is 0 Å². The van der Waals surface area contributed by atoms with Crippen molar-refractivity contribution in [3.63, 3.8) is 0 Å². The van der Waals surface area contributed by atoms with Crippen LogP contribution in [0.25, 0.3) is 0 Å². The summed E-state index contributed by atoms with van der Waals surface area (Å²) >= 11 is 0.918. The molecule has 0 bridgehead atoms. The first-order chi connectivity index (χ1) is 9.20. The number of halogens is 3. The summed E-state index contributed by atoms with van der Waals surface area (Å²) in [4.78, 5) is 25.4. The Kier molecular flexibility index (Phi) is 5.37. The van der Waals surface area contributed by atoms with Gasteiger partial charge in [0.15, 0.2) is 0 Å². The van der Waals surface area contributed by atoms with Crippen LogP contribution in [0.5, 0.6) is 0 Å². The van der Waals surface area contributed by atoms with Crippen molar-refractivity contribution < 1.29 is 27.9 Å². The molecule has 0 radical (unpaired) electrons. The molecular formula is C11H11F3N2O3S. The average molecular weight is 308 g/mol. The molecule has 1 aromatic heterocycles. The topological polar surface area (TPSA) is 79.3 Å². The normalized spacial score (nSPS) is 12.8. The number of aliphatic carboxylic acids is 1. The largest absolute Gasteiger partial charge is 0.480 e. The summed E-state index contributed by atoms with van der Waals surface area (Å²) in [5, 5.41) is 11.0. The van der Waals surface area contributed by atoms with Gasteiger partial charge in [-0.05, 0) is 19.1 Å². The third kappa shape index (κ3) is 5.08. The SMILES string of the molecule is CC(NC(=O)CSc1ccc(C(F)(F)F)cn1)C(=O)O. The predicted octanol–water partition coefficient (Wildman–Crippen LogP) is 1.78. The van der Waals surface area contributed by atoms with E-state index in [1.165, 1.54) is 6.92 Å². The zero-order valence-electron chi connectivity index (χ0n) is 10.3. The first-order valence-electron chi connectivity index (χ1n) is 5.38. The van der Waals surface area contributed by atoms with Gasteiger partial charge in [-0.1, -0.05) is 11.8 Å². The van der Waals surface area contributed by atoms with Crippen LogP contribution in [-0.2, 0) is 15.8 Å². The first kappa shape index (κ1) is 16.3. The van der Waals surface area contributed by atoms with Gasteiger partial charge >= 0.3 is 12.1 Å². The van der Waals surface area contributed by atoms with Crippen molar-refractivity contribution in [2.75, 3.05) is 5.75 Å². The van der Waals surface area contributed by atoms with Crippen LogP contribution in [-0.4, -0.2) is 33.8 Å². The molecular weight excluding hydrogens is 297 g/mol. The highest BCUT2D eigenvalue weighted by Gasteiger charge is 2.30. The van der Waals surface area contributed by atoms with E-state index >= 15 is 0 Å². The number of aromatic nitrogens is 1. The monoisotopic (exact) mass is 308 g/mol. The van der Waals surface area contributed by atoms with E-state index in [1.807, 2.05) is 0 Å². The molecule has 20 heavy (non-hydrogen) atoms. The van der Waals surface area contributed by atoms with Crippen molar-refractivity contribution in [3.8, 4) is 0 Å². The number of alkyl halides is 3. The molecule has 0 aliphatic heterocycles. The molecule has 0 saturated carbocycles. The Morgan fingerprint density at radius 3 is 2.55 bits per heavy atom. The van der Waals surface area contributed by atoms with Crippen LogP contribution in [0.4, 0.5) is 13.2 Å². The summed E-state index contributed by atoms with van der Waals surface area (Å²) in [7, 11) is 0. The van der Waals surface area contributed by atoms with Crippen LogP contribution in [0.1, 0.15) is 12.5 Å². The van der Waals surface area contributed by atoms with Gasteiger partial charge in [-0.15, -0.1) is 0 Å². The van der Waals surface area contributed by atoms with Gasteiger partial charge in [0.1, 0.15) is 6.04 Å². The lowest BCUT2D eigenvalue weighted by Gasteiger charge is -2.09. The Hall–Kier alpha value is -1.77. The number of hydrogen-bond acceptors (Lipinski definition) is 4. The second-order valence-electron chi connectivity index (χ2n) is 3.80. The molecule has 1 heterocycles. The molecule has 110 valence electrons. The van der Waals surface area contributed by atoms with Crippen molar-refractivity contribution in [3.05, 3.63) is 23.9 Å². The molecule has 1 unspecified atom stereocenters. The van der Waals surface area contributed by atoms with E-state index in [1.54, 1.807) is 0 Å². The van der Waals surface area contributed by atoms with Crippen molar-refractivity contribution in [2.45, 2.75) is 24.2 Å². The maximum absolute atomic E-state index is 12.3. The van der Waals surface area contributed by atoms with Crippen molar-refractivity contribution in [1.82, 2.24) is 10.3 Å². The molecule has 0 aromatic carbocycles. The number of nitrogens with one attached hydrogen (secondary N) is 1. The molecule has 1 aromatic rings. The van der Waals surface area contributed by atoms with Gasteiger partial charge in [0.05, 0.1) is 16.3 Å². The summed E-state index contributed by atoms with van der Waals surface area (Å²) in [6.07, 6.45) is -3.77. The Morgan fingerprint density at radius 1 is 1.45 bits per heavy atom. The summed E-state index contributed by atoms with van der Waals surface area (Å²) in [5.41, 5.74) is -0.870. The van der Waals surface area contributed by atoms with E-state index in [-0.39, 0.29) is 10.8 Å². The zero-order valence-corrected chi connectivity index (χ0v) is 11.1. The molecule has 0 fully saturated rings. The number of carbonyl (C=O) groups excluding carboxylic acids is 1. The highest BCUT2D eigenvalue weighted by atomic mass is 32.2. The Morgan fingerprint density at radius 2 is 2.10 bits per heavy atom. The molecule has 2 N–H and O–H groups in total. The minimum absolute atomic E-state index is 0.129. The minimum Gasteiger partial charge on any atom is -0.480 e. The maximum Gasteiger partial charge on any atom is 0.417 e. The highest BCUT2D eigenvalue weighted by Crippen LogP contribution is 2.29. The van der Waals surface area contributed by atoms with Crippen molar-refractivity contribution in [2.24, 2.45) is 0 Å². The summed E-state index contributed by atoms with van der Waals surface area (Å²) < 4.78 is 36.9. The van der Waals surface area contributed by atoms with Crippen LogP contribution in [0.15, 0.2) is 23.4 Å². The first-order valence-corrected chi connectivity index (χ1v) is 6.37. The van der Waals surface area contributed by atoms with Gasteiger partial charge in [-0.3, -0.25) is 9.59 Å². The second kappa shape index (κ2) is 6.60. The van der Waals surface area contributed by atoms with E-state index in [2.05, 4.69) is 10.3 Å². The molecule has 0 aliphatic rings. The summed E-state index contributed by atoms with van der Waals surface area (Å²) in [6.45, 7) is 1.31. The molecule has 1 amide bonds. The number of thioether (sulfide) groups is 1. The number of pyridine rings is 1. The lowest BCUT2D eigenvalue weighted by Crippen LogP contribution is -2.39. The van der Waals surface area contributed by atoms with Gasteiger partial charge < -0.3 is 10.4 Å². The van der Waals surface area contributed by atoms with Crippen molar-refractivity contribution in [1.29, 1.82) is 0 Å². The Bertz CT molecular complexity index is 491. The van der Waals surface area contributed by atoms with Gasteiger partial charge in [0.2, 0.25) is 5.91 Å². The highest BCUT2D eigenvalue weighted by molar-refractivity contribution is 7.99. The molecule has 5 nitrogen and oxygen atoms in total. The number of amides is 1. The van der Waals surface area contributed by atoms with Crippen LogP contribution >= 0.6 is 11.8 Å².